The summed E-state index contributed by atoms with van der Waals surface area (Å²) < 4.78 is 8.28. The lowest BCUT2D eigenvalue weighted by Gasteiger charge is -2.19. The number of nitrogens with zero attached hydrogens (tertiary/aromatic N) is 3. The van der Waals surface area contributed by atoms with E-state index in [9.17, 15) is 0 Å². The number of aryl methyl sites for hydroxylation is 1. The molecular weight excluding hydrogens is 322 g/mol. The summed E-state index contributed by atoms with van der Waals surface area (Å²) in [6.45, 7) is 4.92. The maximum absolute atomic E-state index is 8.95. The number of fused-ring (bicyclic) bond motifs is 3. The van der Waals surface area contributed by atoms with Gasteiger partial charge in [-0.1, -0.05) is 24.3 Å². The zero-order valence-electron chi connectivity index (χ0n) is 14.9. The van der Waals surface area contributed by atoms with Gasteiger partial charge in [-0.3, -0.25) is 4.90 Å². The Kier molecular flexibility index (Phi) is 4.90. The van der Waals surface area contributed by atoms with E-state index in [1.54, 1.807) is 12.1 Å². The van der Waals surface area contributed by atoms with E-state index in [1.807, 2.05) is 12.1 Å². The van der Waals surface area contributed by atoms with E-state index in [1.165, 1.54) is 23.0 Å². The summed E-state index contributed by atoms with van der Waals surface area (Å²) in [5.74, 6) is 0.778. The van der Waals surface area contributed by atoms with Gasteiger partial charge in [0.25, 0.3) is 0 Å². The van der Waals surface area contributed by atoms with E-state index in [2.05, 4.69) is 45.9 Å². The van der Waals surface area contributed by atoms with Crippen LogP contribution in [-0.4, -0.2) is 29.2 Å². The van der Waals surface area contributed by atoms with Crippen molar-refractivity contribution in [3.8, 4) is 11.8 Å². The van der Waals surface area contributed by atoms with Crippen LogP contribution in [0.2, 0.25) is 0 Å². The van der Waals surface area contributed by atoms with E-state index < -0.39 is 0 Å². The van der Waals surface area contributed by atoms with Crippen LogP contribution in [-0.2, 0) is 13.1 Å². The van der Waals surface area contributed by atoms with Gasteiger partial charge in [0.2, 0.25) is 0 Å². The van der Waals surface area contributed by atoms with Crippen molar-refractivity contribution in [1.82, 2.24) is 9.47 Å². The van der Waals surface area contributed by atoms with Crippen molar-refractivity contribution in [1.29, 1.82) is 5.26 Å². The number of aromatic nitrogens is 1. The minimum absolute atomic E-state index is 0.642. The van der Waals surface area contributed by atoms with Gasteiger partial charge in [0.1, 0.15) is 5.75 Å². The lowest BCUT2D eigenvalue weighted by Crippen LogP contribution is -2.25. The molecule has 4 nitrogen and oxygen atoms in total. The van der Waals surface area contributed by atoms with Gasteiger partial charge in [0.15, 0.2) is 0 Å². The SMILES string of the molecule is N#Cc1cccc(OCCCN2CCCn3c(cc4ccccc43)C2)c1. The first-order valence-electron chi connectivity index (χ1n) is 9.26. The summed E-state index contributed by atoms with van der Waals surface area (Å²) in [4.78, 5) is 2.52. The van der Waals surface area contributed by atoms with Crippen LogP contribution in [0, 0.1) is 11.3 Å². The first-order valence-corrected chi connectivity index (χ1v) is 9.26. The molecule has 0 fully saturated rings. The number of hydrogen-bond acceptors (Lipinski definition) is 3. The predicted octanol–water partition coefficient (Wildman–Crippen LogP) is 4.19. The van der Waals surface area contributed by atoms with Gasteiger partial charge in [0.05, 0.1) is 18.2 Å². The Morgan fingerprint density at radius 3 is 2.88 bits per heavy atom. The second-order valence-electron chi connectivity index (χ2n) is 6.82. The average molecular weight is 345 g/mol. The molecule has 0 aliphatic carbocycles. The minimum atomic E-state index is 0.642. The standard InChI is InChI=1S/C22H23N3O/c23-16-18-6-3-8-21(14-18)26-13-5-11-24-10-4-12-25-20(17-24)15-19-7-1-2-9-22(19)25/h1-3,6-9,14-15H,4-5,10-13,17H2. The van der Waals surface area contributed by atoms with Crippen molar-refractivity contribution in [3.05, 3.63) is 65.9 Å². The number of hydrogen-bond donors (Lipinski definition) is 0. The van der Waals surface area contributed by atoms with Crippen LogP contribution < -0.4 is 4.74 Å². The van der Waals surface area contributed by atoms with E-state index in [-0.39, 0.29) is 0 Å². The molecule has 2 heterocycles. The van der Waals surface area contributed by atoms with E-state index in [0.717, 1.165) is 38.3 Å². The molecule has 3 aromatic rings. The third-order valence-corrected chi connectivity index (χ3v) is 4.99. The quantitative estimate of drug-likeness (QED) is 0.651. The molecule has 0 bridgehead atoms. The van der Waals surface area contributed by atoms with Crippen molar-refractivity contribution < 1.29 is 4.74 Å². The number of rotatable bonds is 5. The largest absolute Gasteiger partial charge is 0.494 e. The molecule has 0 atom stereocenters. The lowest BCUT2D eigenvalue weighted by molar-refractivity contribution is 0.230. The molecule has 4 heteroatoms. The van der Waals surface area contributed by atoms with Crippen molar-refractivity contribution in [2.45, 2.75) is 25.9 Å². The topological polar surface area (TPSA) is 41.2 Å². The van der Waals surface area contributed by atoms with Gasteiger partial charge < -0.3 is 9.30 Å². The summed E-state index contributed by atoms with van der Waals surface area (Å²) in [5, 5.41) is 10.3. The molecule has 0 N–H and O–H groups in total. The van der Waals surface area contributed by atoms with Crippen LogP contribution in [0.15, 0.2) is 54.6 Å². The number of ether oxygens (including phenoxy) is 1. The molecule has 26 heavy (non-hydrogen) atoms. The second-order valence-corrected chi connectivity index (χ2v) is 6.82. The maximum atomic E-state index is 8.95. The third kappa shape index (κ3) is 3.58. The van der Waals surface area contributed by atoms with Crippen LogP contribution in [0.1, 0.15) is 24.1 Å². The molecule has 0 radical (unpaired) electrons. The molecule has 1 aliphatic rings. The van der Waals surface area contributed by atoms with Crippen LogP contribution >= 0.6 is 0 Å². The highest BCUT2D eigenvalue weighted by molar-refractivity contribution is 5.81. The van der Waals surface area contributed by atoms with Gasteiger partial charge >= 0.3 is 0 Å². The number of benzene rings is 2. The fourth-order valence-electron chi connectivity index (χ4n) is 3.75. The van der Waals surface area contributed by atoms with Gasteiger partial charge in [-0.25, -0.2) is 0 Å². The average Bonchev–Trinajstić information content (AvgIpc) is 2.89. The minimum Gasteiger partial charge on any atom is -0.494 e. The third-order valence-electron chi connectivity index (χ3n) is 4.99. The molecule has 1 aliphatic heterocycles. The fraction of sp³-hybridized carbons (Fsp3) is 0.318. The van der Waals surface area contributed by atoms with E-state index in [4.69, 9.17) is 10.00 Å². The molecule has 132 valence electrons. The molecule has 1 aromatic heterocycles. The van der Waals surface area contributed by atoms with Gasteiger partial charge in [-0.2, -0.15) is 5.26 Å². The lowest BCUT2D eigenvalue weighted by atomic mass is 10.2. The molecule has 2 aromatic carbocycles. The highest BCUT2D eigenvalue weighted by atomic mass is 16.5. The van der Waals surface area contributed by atoms with Crippen molar-refractivity contribution in [2.75, 3.05) is 19.7 Å². The Hall–Kier alpha value is -2.77. The summed E-state index contributed by atoms with van der Waals surface area (Å²) in [6, 6.07) is 20.5. The van der Waals surface area contributed by atoms with Crippen molar-refractivity contribution >= 4 is 10.9 Å². The van der Waals surface area contributed by atoms with Crippen LogP contribution in [0.4, 0.5) is 0 Å². The zero-order valence-corrected chi connectivity index (χ0v) is 14.9. The van der Waals surface area contributed by atoms with Gasteiger partial charge in [0, 0.05) is 37.4 Å². The van der Waals surface area contributed by atoms with E-state index in [0.29, 0.717) is 12.2 Å². The molecule has 0 unspecified atom stereocenters. The second kappa shape index (κ2) is 7.63. The molecule has 0 saturated carbocycles. The summed E-state index contributed by atoms with van der Waals surface area (Å²) in [6.07, 6.45) is 2.16. The number of para-hydroxylation sites is 1. The zero-order chi connectivity index (χ0) is 17.8. The highest BCUT2D eigenvalue weighted by Crippen LogP contribution is 2.23. The maximum Gasteiger partial charge on any atom is 0.120 e. The Labute approximate surface area is 154 Å². The van der Waals surface area contributed by atoms with Gasteiger partial charge in [-0.15, -0.1) is 0 Å². The van der Waals surface area contributed by atoms with Crippen LogP contribution in [0.3, 0.4) is 0 Å². The Morgan fingerprint density at radius 2 is 1.96 bits per heavy atom. The first kappa shape index (κ1) is 16.7. The Bertz CT molecular complexity index is 938. The number of nitriles is 1. The molecule has 0 spiro atoms. The van der Waals surface area contributed by atoms with E-state index >= 15 is 0 Å². The van der Waals surface area contributed by atoms with Crippen molar-refractivity contribution in [3.63, 3.8) is 0 Å². The predicted molar refractivity (Wildman–Crippen MR) is 103 cm³/mol. The summed E-state index contributed by atoms with van der Waals surface area (Å²) in [5.41, 5.74) is 3.40. The smallest absolute Gasteiger partial charge is 0.120 e. The van der Waals surface area contributed by atoms with Crippen LogP contribution in [0.5, 0.6) is 5.75 Å². The van der Waals surface area contributed by atoms with Gasteiger partial charge in [-0.05, 0) is 48.6 Å². The fourth-order valence-corrected chi connectivity index (χ4v) is 3.75. The normalized spacial score (nSPS) is 14.6. The molecule has 4 rings (SSSR count). The first-order chi connectivity index (χ1) is 12.8. The molecule has 0 amide bonds. The van der Waals surface area contributed by atoms with Crippen molar-refractivity contribution in [2.24, 2.45) is 0 Å². The summed E-state index contributed by atoms with van der Waals surface area (Å²) in [7, 11) is 0. The Balaban J connectivity index is 1.33. The van der Waals surface area contributed by atoms with Crippen LogP contribution in [0.25, 0.3) is 10.9 Å². The highest BCUT2D eigenvalue weighted by Gasteiger charge is 2.16. The Morgan fingerprint density at radius 1 is 1.04 bits per heavy atom. The summed E-state index contributed by atoms with van der Waals surface area (Å²) >= 11 is 0. The molecular formula is C22H23N3O. The monoisotopic (exact) mass is 345 g/mol. The molecule has 0 saturated heterocycles.